The number of hydrogen-bond acceptors (Lipinski definition) is 3. The molecule has 6 nitrogen and oxygen atoms in total. The predicted molar refractivity (Wildman–Crippen MR) is 119 cm³/mol. The molecule has 160 valence electrons. The fourth-order valence-electron chi connectivity index (χ4n) is 5.03. The summed E-state index contributed by atoms with van der Waals surface area (Å²) >= 11 is 5.94. The van der Waals surface area contributed by atoms with Crippen molar-refractivity contribution in [3.05, 3.63) is 34.9 Å². The van der Waals surface area contributed by atoms with Gasteiger partial charge in [0.25, 0.3) is 0 Å². The minimum absolute atomic E-state index is 0.0269. The monoisotopic (exact) mass is 419 g/mol. The highest BCUT2D eigenvalue weighted by molar-refractivity contribution is 6.30. The Balaban J connectivity index is 1.61. The molecule has 1 saturated heterocycles. The third kappa shape index (κ3) is 5.64. The number of aliphatic imine (C=N–C) groups is 1. The highest BCUT2D eigenvalue weighted by Crippen LogP contribution is 2.46. The Hall–Kier alpha value is -1.79. The molecule has 1 aliphatic carbocycles. The molecule has 29 heavy (non-hydrogen) atoms. The van der Waals surface area contributed by atoms with Crippen molar-refractivity contribution < 1.29 is 4.79 Å². The second-order valence-electron chi connectivity index (χ2n) is 8.70. The number of amides is 1. The van der Waals surface area contributed by atoms with Crippen molar-refractivity contribution in [1.82, 2.24) is 4.90 Å². The number of piperidine rings is 1. The molecule has 1 saturated carbocycles. The number of halogens is 1. The standard InChI is InChI=1S/C22H34ClN5O/c23-18-8-6-16(7-9-18)14-19(24)20(29)28-12-10-22(11-13-28,15-27-21(25)26)17-4-2-1-3-5-17/h6-9,17,19H,1-5,10-15,24H2,(H4,25,26,27)/t19-/m1/s1. The van der Waals surface area contributed by atoms with E-state index >= 15 is 0 Å². The van der Waals surface area contributed by atoms with Crippen LogP contribution >= 0.6 is 11.6 Å². The fraction of sp³-hybridized carbons (Fsp3) is 0.636. The molecule has 3 rings (SSSR count). The molecule has 2 fully saturated rings. The Morgan fingerprint density at radius 1 is 1.14 bits per heavy atom. The zero-order chi connectivity index (χ0) is 20.9. The van der Waals surface area contributed by atoms with E-state index in [0.29, 0.717) is 23.9 Å². The summed E-state index contributed by atoms with van der Waals surface area (Å²) in [5.74, 6) is 0.821. The summed E-state index contributed by atoms with van der Waals surface area (Å²) in [5.41, 5.74) is 18.6. The smallest absolute Gasteiger partial charge is 0.239 e. The molecule has 0 aromatic heterocycles. The first-order chi connectivity index (χ1) is 13.9. The van der Waals surface area contributed by atoms with Crippen molar-refractivity contribution in [3.63, 3.8) is 0 Å². The van der Waals surface area contributed by atoms with E-state index < -0.39 is 6.04 Å². The first-order valence-corrected chi connectivity index (χ1v) is 11.1. The lowest BCUT2D eigenvalue weighted by Gasteiger charge is -2.47. The van der Waals surface area contributed by atoms with Gasteiger partial charge in [-0.1, -0.05) is 43.0 Å². The maximum Gasteiger partial charge on any atom is 0.239 e. The van der Waals surface area contributed by atoms with Gasteiger partial charge in [-0.15, -0.1) is 0 Å². The van der Waals surface area contributed by atoms with Gasteiger partial charge >= 0.3 is 0 Å². The Kier molecular flexibility index (Phi) is 7.41. The van der Waals surface area contributed by atoms with Crippen LogP contribution < -0.4 is 17.2 Å². The molecule has 7 heteroatoms. The number of hydrogen-bond donors (Lipinski definition) is 3. The van der Waals surface area contributed by atoms with Crippen molar-refractivity contribution in [2.24, 2.45) is 33.5 Å². The van der Waals surface area contributed by atoms with Gasteiger partial charge in [0.1, 0.15) is 0 Å². The molecule has 0 bridgehead atoms. The first-order valence-electron chi connectivity index (χ1n) is 10.7. The van der Waals surface area contributed by atoms with Gasteiger partial charge in [-0.3, -0.25) is 9.79 Å². The lowest BCUT2D eigenvalue weighted by molar-refractivity contribution is -0.135. The first kappa shape index (κ1) is 21.9. The van der Waals surface area contributed by atoms with Crippen LogP contribution in [0.4, 0.5) is 0 Å². The van der Waals surface area contributed by atoms with Crippen LogP contribution in [-0.4, -0.2) is 42.4 Å². The topological polar surface area (TPSA) is 111 Å². The van der Waals surface area contributed by atoms with Crippen molar-refractivity contribution in [3.8, 4) is 0 Å². The predicted octanol–water partition coefficient (Wildman–Crippen LogP) is 2.67. The van der Waals surface area contributed by atoms with Gasteiger partial charge in [0.15, 0.2) is 5.96 Å². The summed E-state index contributed by atoms with van der Waals surface area (Å²) in [5, 5.41) is 0.685. The van der Waals surface area contributed by atoms with Crippen LogP contribution in [0.1, 0.15) is 50.5 Å². The van der Waals surface area contributed by atoms with Crippen LogP contribution in [0.2, 0.25) is 5.02 Å². The van der Waals surface area contributed by atoms with Crippen LogP contribution in [0.3, 0.4) is 0 Å². The minimum atomic E-state index is -0.531. The second kappa shape index (κ2) is 9.81. The Morgan fingerprint density at radius 2 is 1.76 bits per heavy atom. The third-order valence-electron chi connectivity index (χ3n) is 6.80. The van der Waals surface area contributed by atoms with E-state index in [1.165, 1.54) is 32.1 Å². The average Bonchev–Trinajstić information content (AvgIpc) is 2.74. The summed E-state index contributed by atoms with van der Waals surface area (Å²) in [6.07, 6.45) is 8.76. The molecule has 1 heterocycles. The maximum absolute atomic E-state index is 12.9. The average molecular weight is 420 g/mol. The van der Waals surface area contributed by atoms with Gasteiger partial charge in [-0.2, -0.15) is 0 Å². The van der Waals surface area contributed by atoms with Gasteiger partial charge in [-0.05, 0) is 61.1 Å². The van der Waals surface area contributed by atoms with Crippen molar-refractivity contribution in [2.75, 3.05) is 19.6 Å². The van der Waals surface area contributed by atoms with E-state index in [9.17, 15) is 4.79 Å². The normalized spacial score (nSPS) is 20.8. The highest BCUT2D eigenvalue weighted by Gasteiger charge is 2.42. The molecular weight excluding hydrogens is 386 g/mol. The van der Waals surface area contributed by atoms with E-state index in [1.807, 2.05) is 29.2 Å². The van der Waals surface area contributed by atoms with E-state index in [0.717, 1.165) is 31.5 Å². The molecule has 0 unspecified atom stereocenters. The van der Waals surface area contributed by atoms with Crippen LogP contribution in [0, 0.1) is 11.3 Å². The number of nitrogens with two attached hydrogens (primary N) is 3. The Labute approximate surface area is 178 Å². The maximum atomic E-state index is 12.9. The second-order valence-corrected chi connectivity index (χ2v) is 9.14. The molecule has 2 aliphatic rings. The van der Waals surface area contributed by atoms with Crippen LogP contribution in [0.15, 0.2) is 29.3 Å². The summed E-state index contributed by atoms with van der Waals surface area (Å²) in [6.45, 7) is 2.12. The van der Waals surface area contributed by atoms with Crippen LogP contribution in [0.5, 0.6) is 0 Å². The Morgan fingerprint density at radius 3 is 2.34 bits per heavy atom. The molecule has 0 radical (unpaired) electrons. The SMILES string of the molecule is NC(N)=NCC1(C2CCCCC2)CCN(C(=O)[C@H](N)Cc2ccc(Cl)cc2)CC1. The molecule has 0 spiro atoms. The number of carbonyl (C=O) groups excluding carboxylic acids is 1. The molecular formula is C22H34ClN5O. The summed E-state index contributed by atoms with van der Waals surface area (Å²) < 4.78 is 0. The highest BCUT2D eigenvalue weighted by atomic mass is 35.5. The summed E-state index contributed by atoms with van der Waals surface area (Å²) in [6, 6.07) is 6.98. The molecule has 6 N–H and O–H groups in total. The van der Waals surface area contributed by atoms with Crippen molar-refractivity contribution in [1.29, 1.82) is 0 Å². The van der Waals surface area contributed by atoms with Gasteiger partial charge in [0.05, 0.1) is 6.04 Å². The molecule has 1 amide bonds. The van der Waals surface area contributed by atoms with Crippen LogP contribution in [-0.2, 0) is 11.2 Å². The lowest BCUT2D eigenvalue weighted by Crippen LogP contribution is -2.52. The lowest BCUT2D eigenvalue weighted by atomic mass is 9.63. The van der Waals surface area contributed by atoms with E-state index in [1.54, 1.807) is 0 Å². The van der Waals surface area contributed by atoms with Crippen molar-refractivity contribution in [2.45, 2.75) is 57.4 Å². The number of carbonyl (C=O) groups is 1. The zero-order valence-corrected chi connectivity index (χ0v) is 17.9. The van der Waals surface area contributed by atoms with Gasteiger partial charge in [0, 0.05) is 24.7 Å². The molecule has 1 aliphatic heterocycles. The van der Waals surface area contributed by atoms with Crippen molar-refractivity contribution >= 4 is 23.5 Å². The van der Waals surface area contributed by atoms with Gasteiger partial charge in [0.2, 0.25) is 5.91 Å². The zero-order valence-electron chi connectivity index (χ0n) is 17.2. The number of rotatable bonds is 6. The fourth-order valence-corrected chi connectivity index (χ4v) is 5.15. The van der Waals surface area contributed by atoms with E-state index in [4.69, 9.17) is 28.8 Å². The molecule has 1 aromatic carbocycles. The molecule has 1 atom stereocenters. The number of benzene rings is 1. The quantitative estimate of drug-likeness (QED) is 0.486. The third-order valence-corrected chi connectivity index (χ3v) is 7.06. The Bertz CT molecular complexity index is 702. The largest absolute Gasteiger partial charge is 0.370 e. The summed E-state index contributed by atoms with van der Waals surface area (Å²) in [7, 11) is 0. The number of nitrogens with zero attached hydrogens (tertiary/aromatic N) is 2. The van der Waals surface area contributed by atoms with Gasteiger partial charge < -0.3 is 22.1 Å². The summed E-state index contributed by atoms with van der Waals surface area (Å²) in [4.78, 5) is 19.3. The van der Waals surface area contributed by atoms with Crippen LogP contribution in [0.25, 0.3) is 0 Å². The minimum Gasteiger partial charge on any atom is -0.370 e. The van der Waals surface area contributed by atoms with E-state index in [-0.39, 0.29) is 17.3 Å². The number of likely N-dealkylation sites (tertiary alicyclic amines) is 1. The van der Waals surface area contributed by atoms with E-state index in [2.05, 4.69) is 4.99 Å². The number of guanidine groups is 1. The van der Waals surface area contributed by atoms with Gasteiger partial charge in [-0.25, -0.2) is 0 Å². The molecule has 1 aromatic rings.